The number of hydrogen-bond acceptors (Lipinski definition) is 2. The van der Waals surface area contributed by atoms with E-state index in [0.29, 0.717) is 17.6 Å². The molecule has 2 nitrogen and oxygen atoms in total. The standard InChI is InChI=1S/C16H24ClFN2/c1-4-16(5-2)11-20(12(3)9-19-16)10-13-6-7-14(17)8-15(13)18/h6-8,12,19H,4-5,9-11H2,1-3H3. The van der Waals surface area contributed by atoms with E-state index in [2.05, 4.69) is 31.0 Å². The fourth-order valence-corrected chi connectivity index (χ4v) is 3.06. The van der Waals surface area contributed by atoms with Crippen LogP contribution >= 0.6 is 11.6 Å². The van der Waals surface area contributed by atoms with Gasteiger partial charge in [-0.2, -0.15) is 0 Å². The molecule has 0 saturated carbocycles. The number of rotatable bonds is 4. The average molecular weight is 299 g/mol. The molecule has 20 heavy (non-hydrogen) atoms. The SMILES string of the molecule is CCC1(CC)CN(Cc2ccc(Cl)cc2F)C(C)CN1. The molecule has 0 spiro atoms. The Hall–Kier alpha value is -0.640. The Morgan fingerprint density at radius 2 is 2.10 bits per heavy atom. The largest absolute Gasteiger partial charge is 0.308 e. The molecule has 0 amide bonds. The van der Waals surface area contributed by atoms with Crippen LogP contribution < -0.4 is 5.32 Å². The van der Waals surface area contributed by atoms with E-state index < -0.39 is 0 Å². The van der Waals surface area contributed by atoms with Gasteiger partial charge in [0.2, 0.25) is 0 Å². The molecule has 1 atom stereocenters. The van der Waals surface area contributed by atoms with Gasteiger partial charge in [0, 0.05) is 41.8 Å². The molecular weight excluding hydrogens is 275 g/mol. The van der Waals surface area contributed by atoms with Gasteiger partial charge in [0.25, 0.3) is 0 Å². The number of nitrogens with zero attached hydrogens (tertiary/aromatic N) is 1. The van der Waals surface area contributed by atoms with E-state index in [4.69, 9.17) is 11.6 Å². The summed E-state index contributed by atoms with van der Waals surface area (Å²) in [7, 11) is 0. The first-order valence-corrected chi connectivity index (χ1v) is 7.80. The summed E-state index contributed by atoms with van der Waals surface area (Å²) in [5, 5.41) is 4.12. The first-order chi connectivity index (χ1) is 9.49. The van der Waals surface area contributed by atoms with Gasteiger partial charge in [0.1, 0.15) is 5.82 Å². The van der Waals surface area contributed by atoms with Crippen LogP contribution in [0, 0.1) is 5.82 Å². The normalized spacial score (nSPS) is 22.9. The summed E-state index contributed by atoms with van der Waals surface area (Å²) < 4.78 is 14.0. The lowest BCUT2D eigenvalue weighted by atomic mass is 9.88. The molecule has 1 heterocycles. The summed E-state index contributed by atoms with van der Waals surface area (Å²) in [4.78, 5) is 2.37. The van der Waals surface area contributed by atoms with Crippen molar-refractivity contribution in [3.8, 4) is 0 Å². The molecule has 1 N–H and O–H groups in total. The van der Waals surface area contributed by atoms with Crippen LogP contribution in [-0.2, 0) is 6.54 Å². The lowest BCUT2D eigenvalue weighted by Crippen LogP contribution is -2.62. The van der Waals surface area contributed by atoms with Crippen molar-refractivity contribution in [1.82, 2.24) is 10.2 Å². The quantitative estimate of drug-likeness (QED) is 0.909. The van der Waals surface area contributed by atoms with Crippen LogP contribution in [0.15, 0.2) is 18.2 Å². The van der Waals surface area contributed by atoms with Crippen LogP contribution in [0.3, 0.4) is 0 Å². The molecule has 1 aliphatic heterocycles. The minimum Gasteiger partial charge on any atom is -0.308 e. The first kappa shape index (κ1) is 15.7. The third-order valence-corrected chi connectivity index (χ3v) is 4.88. The highest BCUT2D eigenvalue weighted by Crippen LogP contribution is 2.25. The van der Waals surface area contributed by atoms with Crippen molar-refractivity contribution in [3.63, 3.8) is 0 Å². The molecule has 1 aromatic rings. The van der Waals surface area contributed by atoms with E-state index in [9.17, 15) is 4.39 Å². The lowest BCUT2D eigenvalue weighted by Gasteiger charge is -2.46. The van der Waals surface area contributed by atoms with E-state index in [1.54, 1.807) is 12.1 Å². The molecule has 1 fully saturated rings. The molecule has 112 valence electrons. The maximum absolute atomic E-state index is 14.0. The smallest absolute Gasteiger partial charge is 0.129 e. The van der Waals surface area contributed by atoms with E-state index in [1.807, 2.05) is 0 Å². The zero-order valence-corrected chi connectivity index (χ0v) is 13.3. The summed E-state index contributed by atoms with van der Waals surface area (Å²) in [6.45, 7) is 9.19. The van der Waals surface area contributed by atoms with E-state index in [0.717, 1.165) is 31.5 Å². The maximum Gasteiger partial charge on any atom is 0.129 e. The zero-order chi connectivity index (χ0) is 14.8. The van der Waals surface area contributed by atoms with Crippen LogP contribution in [-0.4, -0.2) is 29.6 Å². The van der Waals surface area contributed by atoms with E-state index >= 15 is 0 Å². The maximum atomic E-state index is 14.0. The van der Waals surface area contributed by atoms with Gasteiger partial charge in [0.15, 0.2) is 0 Å². The van der Waals surface area contributed by atoms with Crippen LogP contribution in [0.2, 0.25) is 5.02 Å². The number of hydrogen-bond donors (Lipinski definition) is 1. The van der Waals surface area contributed by atoms with Gasteiger partial charge in [0.05, 0.1) is 0 Å². The predicted molar refractivity (Wildman–Crippen MR) is 82.6 cm³/mol. The van der Waals surface area contributed by atoms with Gasteiger partial charge >= 0.3 is 0 Å². The van der Waals surface area contributed by atoms with Crippen LogP contribution in [0.4, 0.5) is 4.39 Å². The topological polar surface area (TPSA) is 15.3 Å². The zero-order valence-electron chi connectivity index (χ0n) is 12.5. The second-order valence-corrected chi connectivity index (χ2v) is 6.29. The van der Waals surface area contributed by atoms with Gasteiger partial charge in [-0.15, -0.1) is 0 Å². The first-order valence-electron chi connectivity index (χ1n) is 7.42. The molecule has 0 bridgehead atoms. The molecule has 0 aliphatic carbocycles. The van der Waals surface area contributed by atoms with Gasteiger partial charge < -0.3 is 5.32 Å². The minimum absolute atomic E-state index is 0.162. The molecule has 1 aromatic carbocycles. The van der Waals surface area contributed by atoms with Crippen molar-refractivity contribution in [2.75, 3.05) is 13.1 Å². The van der Waals surface area contributed by atoms with Gasteiger partial charge in [-0.25, -0.2) is 4.39 Å². The van der Waals surface area contributed by atoms with Gasteiger partial charge in [-0.1, -0.05) is 31.5 Å². The summed E-state index contributed by atoms with van der Waals surface area (Å²) in [5.41, 5.74) is 0.888. The summed E-state index contributed by atoms with van der Waals surface area (Å²) in [5.74, 6) is -0.207. The fraction of sp³-hybridized carbons (Fsp3) is 0.625. The molecule has 2 rings (SSSR count). The number of halogens is 2. The van der Waals surface area contributed by atoms with Crippen molar-refractivity contribution < 1.29 is 4.39 Å². The van der Waals surface area contributed by atoms with Crippen LogP contribution in [0.25, 0.3) is 0 Å². The third-order valence-electron chi connectivity index (χ3n) is 4.64. The van der Waals surface area contributed by atoms with Gasteiger partial charge in [-0.05, 0) is 31.9 Å². The molecule has 4 heteroatoms. The van der Waals surface area contributed by atoms with Crippen LogP contribution in [0.5, 0.6) is 0 Å². The summed E-state index contributed by atoms with van der Waals surface area (Å²) >= 11 is 5.81. The molecule has 0 radical (unpaired) electrons. The second-order valence-electron chi connectivity index (χ2n) is 5.86. The summed E-state index contributed by atoms with van der Waals surface area (Å²) in [6, 6.07) is 5.37. The van der Waals surface area contributed by atoms with Crippen molar-refractivity contribution in [1.29, 1.82) is 0 Å². The van der Waals surface area contributed by atoms with Crippen molar-refractivity contribution in [2.45, 2.75) is 51.7 Å². The Bertz CT molecular complexity index is 460. The third kappa shape index (κ3) is 3.33. The Balaban J connectivity index is 2.14. The highest BCUT2D eigenvalue weighted by molar-refractivity contribution is 6.30. The molecule has 1 aliphatic rings. The monoisotopic (exact) mass is 298 g/mol. The van der Waals surface area contributed by atoms with Crippen molar-refractivity contribution in [2.24, 2.45) is 0 Å². The Kier molecular flexibility index (Phi) is 5.05. The van der Waals surface area contributed by atoms with E-state index in [1.165, 1.54) is 6.07 Å². The second kappa shape index (κ2) is 6.42. The number of nitrogens with one attached hydrogen (secondary N) is 1. The molecule has 0 aromatic heterocycles. The van der Waals surface area contributed by atoms with Crippen molar-refractivity contribution in [3.05, 3.63) is 34.6 Å². The Morgan fingerprint density at radius 3 is 2.70 bits per heavy atom. The highest BCUT2D eigenvalue weighted by atomic mass is 35.5. The Morgan fingerprint density at radius 1 is 1.40 bits per heavy atom. The lowest BCUT2D eigenvalue weighted by molar-refractivity contribution is 0.0737. The highest BCUT2D eigenvalue weighted by Gasteiger charge is 2.35. The average Bonchev–Trinajstić information content (AvgIpc) is 2.44. The van der Waals surface area contributed by atoms with Crippen LogP contribution in [0.1, 0.15) is 39.2 Å². The van der Waals surface area contributed by atoms with E-state index in [-0.39, 0.29) is 11.4 Å². The van der Waals surface area contributed by atoms with Gasteiger partial charge in [-0.3, -0.25) is 4.90 Å². The number of piperazine rings is 1. The molecular formula is C16H24ClFN2. The molecule has 1 unspecified atom stereocenters. The Labute approximate surface area is 126 Å². The van der Waals surface area contributed by atoms with Crippen molar-refractivity contribution >= 4 is 11.6 Å². The summed E-state index contributed by atoms with van der Waals surface area (Å²) in [6.07, 6.45) is 2.19. The number of benzene rings is 1. The predicted octanol–water partition coefficient (Wildman–Crippen LogP) is 3.83. The minimum atomic E-state index is -0.207. The fourth-order valence-electron chi connectivity index (χ4n) is 2.90. The molecule has 1 saturated heterocycles.